The minimum atomic E-state index is -0.738. The van der Waals surface area contributed by atoms with Crippen LogP contribution < -0.4 is 4.74 Å². The molecule has 0 saturated carbocycles. The highest BCUT2D eigenvalue weighted by Gasteiger charge is 2.16. The molecule has 0 radical (unpaired) electrons. The van der Waals surface area contributed by atoms with Gasteiger partial charge in [0.2, 0.25) is 0 Å². The Bertz CT molecular complexity index is 638. The maximum absolute atomic E-state index is 12.0. The molecule has 0 amide bonds. The third kappa shape index (κ3) is 3.16. The summed E-state index contributed by atoms with van der Waals surface area (Å²) in [6, 6.07) is 12.4. The molecule has 2 rings (SSSR count). The molecule has 0 unspecified atom stereocenters. The number of carbonyl (C=O) groups excluding carboxylic acids is 2. The molecule has 1 N–H and O–H groups in total. The molecule has 0 aliphatic heterocycles. The van der Waals surface area contributed by atoms with E-state index in [2.05, 4.69) is 0 Å². The van der Waals surface area contributed by atoms with Crippen LogP contribution in [-0.2, 0) is 0 Å². The number of esters is 1. The van der Waals surface area contributed by atoms with Crippen LogP contribution in [0, 0.1) is 0 Å². The summed E-state index contributed by atoms with van der Waals surface area (Å²) in [7, 11) is 0. The highest BCUT2D eigenvalue weighted by atomic mass is 35.5. The van der Waals surface area contributed by atoms with Crippen LogP contribution in [0.25, 0.3) is 0 Å². The number of para-hydroxylation sites is 1. The first-order valence-corrected chi connectivity index (χ1v) is 6.34. The number of halogens is 1. The summed E-state index contributed by atoms with van der Waals surface area (Å²) in [6.07, 6.45) is 0. The molecule has 0 heterocycles. The zero-order valence-electron chi connectivity index (χ0n) is 10.4. The zero-order chi connectivity index (χ0) is 14.5. The molecule has 0 fully saturated rings. The Morgan fingerprint density at radius 2 is 1.80 bits per heavy atom. The van der Waals surface area contributed by atoms with E-state index in [1.165, 1.54) is 18.2 Å². The maximum Gasteiger partial charge on any atom is 0.347 e. The van der Waals surface area contributed by atoms with Crippen molar-refractivity contribution in [1.29, 1.82) is 0 Å². The first-order chi connectivity index (χ1) is 9.61. The Kier molecular flexibility index (Phi) is 4.38. The number of phenolic OH excluding ortho intramolecular Hbond substituents is 1. The summed E-state index contributed by atoms with van der Waals surface area (Å²) < 4.78 is 5.11. The zero-order valence-corrected chi connectivity index (χ0v) is 11.1. The van der Waals surface area contributed by atoms with Gasteiger partial charge in [0.05, 0.1) is 5.88 Å². The van der Waals surface area contributed by atoms with Crippen LogP contribution in [0.1, 0.15) is 20.7 Å². The van der Waals surface area contributed by atoms with Crippen LogP contribution in [0.2, 0.25) is 0 Å². The average Bonchev–Trinajstić information content (AvgIpc) is 2.48. The van der Waals surface area contributed by atoms with Crippen molar-refractivity contribution < 1.29 is 19.4 Å². The topological polar surface area (TPSA) is 63.6 Å². The van der Waals surface area contributed by atoms with Crippen molar-refractivity contribution in [1.82, 2.24) is 0 Å². The van der Waals surface area contributed by atoms with Crippen LogP contribution >= 0.6 is 11.6 Å². The first-order valence-electron chi connectivity index (χ1n) is 5.81. The van der Waals surface area contributed by atoms with Crippen molar-refractivity contribution in [2.75, 3.05) is 5.88 Å². The van der Waals surface area contributed by atoms with Gasteiger partial charge >= 0.3 is 5.97 Å². The highest BCUT2D eigenvalue weighted by Crippen LogP contribution is 2.21. The number of phenols is 1. The predicted octanol–water partition coefficient (Wildman–Crippen LogP) is 3.03. The second-order valence-electron chi connectivity index (χ2n) is 3.99. The van der Waals surface area contributed by atoms with Crippen LogP contribution in [0.15, 0.2) is 48.5 Å². The molecule has 0 aliphatic carbocycles. The normalized spacial score (nSPS) is 10.1. The van der Waals surface area contributed by atoms with Gasteiger partial charge in [0.15, 0.2) is 5.78 Å². The smallest absolute Gasteiger partial charge is 0.347 e. The molecule has 0 aromatic heterocycles. The second-order valence-corrected chi connectivity index (χ2v) is 4.26. The van der Waals surface area contributed by atoms with Gasteiger partial charge in [-0.25, -0.2) is 4.79 Å². The summed E-state index contributed by atoms with van der Waals surface area (Å²) in [4.78, 5) is 23.5. The Hall–Kier alpha value is -2.33. The van der Waals surface area contributed by atoms with E-state index in [0.717, 1.165) is 0 Å². The minimum absolute atomic E-state index is 0.0789. The summed E-state index contributed by atoms with van der Waals surface area (Å²) >= 11 is 5.46. The van der Waals surface area contributed by atoms with Gasteiger partial charge in [-0.15, -0.1) is 11.6 Å². The van der Waals surface area contributed by atoms with Gasteiger partial charge in [-0.2, -0.15) is 0 Å². The molecule has 102 valence electrons. The average molecular weight is 291 g/mol. The standard InChI is InChI=1S/C15H11ClO4/c16-9-14(18)10-6-7-13(17)12(8-10)15(19)20-11-4-2-1-3-5-11/h1-8,17H,9H2. The lowest BCUT2D eigenvalue weighted by Gasteiger charge is -2.07. The number of benzene rings is 2. The van der Waals surface area contributed by atoms with Crippen molar-refractivity contribution in [2.45, 2.75) is 0 Å². The lowest BCUT2D eigenvalue weighted by atomic mass is 10.1. The first kappa shape index (κ1) is 14.1. The predicted molar refractivity (Wildman–Crippen MR) is 74.6 cm³/mol. The van der Waals surface area contributed by atoms with E-state index >= 15 is 0 Å². The van der Waals surface area contributed by atoms with Gasteiger partial charge < -0.3 is 9.84 Å². The van der Waals surface area contributed by atoms with Crippen LogP contribution in [-0.4, -0.2) is 22.7 Å². The number of alkyl halides is 1. The fraction of sp³-hybridized carbons (Fsp3) is 0.0667. The van der Waals surface area contributed by atoms with Crippen molar-refractivity contribution in [3.63, 3.8) is 0 Å². The number of rotatable bonds is 4. The van der Waals surface area contributed by atoms with Gasteiger partial charge in [-0.05, 0) is 30.3 Å². The Labute approximate surface area is 120 Å². The molecular weight excluding hydrogens is 280 g/mol. The summed E-state index contributed by atoms with van der Waals surface area (Å²) in [6.45, 7) is 0. The molecule has 20 heavy (non-hydrogen) atoms. The Morgan fingerprint density at radius 3 is 2.45 bits per heavy atom. The van der Waals surface area contributed by atoms with E-state index in [1.807, 2.05) is 0 Å². The van der Waals surface area contributed by atoms with Crippen molar-refractivity contribution in [2.24, 2.45) is 0 Å². The summed E-state index contributed by atoms with van der Waals surface area (Å²) in [5.41, 5.74) is 0.169. The van der Waals surface area contributed by atoms with E-state index < -0.39 is 5.97 Å². The number of hydrogen-bond acceptors (Lipinski definition) is 4. The molecule has 2 aromatic rings. The molecule has 0 saturated heterocycles. The lowest BCUT2D eigenvalue weighted by Crippen LogP contribution is -2.10. The summed E-state index contributed by atoms with van der Waals surface area (Å²) in [5, 5.41) is 9.69. The van der Waals surface area contributed by atoms with Gasteiger partial charge in [-0.1, -0.05) is 18.2 Å². The van der Waals surface area contributed by atoms with E-state index in [-0.39, 0.29) is 28.5 Å². The fourth-order valence-corrected chi connectivity index (χ4v) is 1.75. The molecular formula is C15H11ClO4. The molecule has 0 atom stereocenters. The molecule has 2 aromatic carbocycles. The number of ketones is 1. The van der Waals surface area contributed by atoms with Crippen LogP contribution in [0.4, 0.5) is 0 Å². The molecule has 5 heteroatoms. The van der Waals surface area contributed by atoms with Crippen molar-refractivity contribution in [3.05, 3.63) is 59.7 Å². The van der Waals surface area contributed by atoms with E-state index in [1.54, 1.807) is 30.3 Å². The number of ether oxygens (including phenoxy) is 1. The quantitative estimate of drug-likeness (QED) is 0.407. The summed E-state index contributed by atoms with van der Waals surface area (Å²) in [5.74, 6) is -1.17. The van der Waals surface area contributed by atoms with Crippen LogP contribution in [0.5, 0.6) is 11.5 Å². The van der Waals surface area contributed by atoms with Crippen molar-refractivity contribution in [3.8, 4) is 11.5 Å². The number of aromatic hydroxyl groups is 1. The third-order valence-corrected chi connectivity index (χ3v) is 2.86. The van der Waals surface area contributed by atoms with Gasteiger partial charge in [0.1, 0.15) is 17.1 Å². The Balaban J connectivity index is 2.27. The van der Waals surface area contributed by atoms with Gasteiger partial charge in [-0.3, -0.25) is 4.79 Å². The van der Waals surface area contributed by atoms with E-state index in [4.69, 9.17) is 16.3 Å². The largest absolute Gasteiger partial charge is 0.507 e. The molecule has 0 spiro atoms. The van der Waals surface area contributed by atoms with Gasteiger partial charge in [0, 0.05) is 5.56 Å². The molecule has 0 aliphatic rings. The van der Waals surface area contributed by atoms with Crippen LogP contribution in [0.3, 0.4) is 0 Å². The lowest BCUT2D eigenvalue weighted by molar-refractivity contribution is 0.0731. The number of carbonyl (C=O) groups is 2. The molecule has 0 bridgehead atoms. The maximum atomic E-state index is 12.0. The second kappa shape index (κ2) is 6.21. The van der Waals surface area contributed by atoms with E-state index in [0.29, 0.717) is 5.75 Å². The minimum Gasteiger partial charge on any atom is -0.507 e. The Morgan fingerprint density at radius 1 is 1.10 bits per heavy atom. The number of hydrogen-bond donors (Lipinski definition) is 1. The fourth-order valence-electron chi connectivity index (χ4n) is 1.60. The van der Waals surface area contributed by atoms with Crippen molar-refractivity contribution >= 4 is 23.4 Å². The van der Waals surface area contributed by atoms with E-state index in [9.17, 15) is 14.7 Å². The SMILES string of the molecule is O=C(CCl)c1ccc(O)c(C(=O)Oc2ccccc2)c1. The molecule has 4 nitrogen and oxygen atoms in total. The monoisotopic (exact) mass is 290 g/mol. The highest BCUT2D eigenvalue weighted by molar-refractivity contribution is 6.30. The number of Topliss-reactive ketones (excluding diaryl/α,β-unsaturated/α-hetero) is 1. The third-order valence-electron chi connectivity index (χ3n) is 2.61. The van der Waals surface area contributed by atoms with Gasteiger partial charge in [0.25, 0.3) is 0 Å².